The van der Waals surface area contributed by atoms with Crippen molar-refractivity contribution in [2.24, 2.45) is 0 Å². The first kappa shape index (κ1) is 26.3. The number of aromatic amines is 1. The van der Waals surface area contributed by atoms with Gasteiger partial charge in [0.2, 0.25) is 0 Å². The molecule has 1 spiro atoms. The van der Waals surface area contributed by atoms with Crippen LogP contribution in [0.2, 0.25) is 0 Å². The first-order valence-corrected chi connectivity index (χ1v) is 12.6. The Balaban J connectivity index is 1.24. The second-order valence-corrected chi connectivity index (χ2v) is 9.98. The molecule has 2 aromatic carbocycles. The van der Waals surface area contributed by atoms with Crippen LogP contribution in [0.4, 0.5) is 28.9 Å². The highest BCUT2D eigenvalue weighted by molar-refractivity contribution is 7.81. The van der Waals surface area contributed by atoms with Crippen LogP contribution in [-0.2, 0) is 17.5 Å². The summed E-state index contributed by atoms with van der Waals surface area (Å²) < 4.78 is 55.8. The second kappa shape index (κ2) is 9.34. The maximum atomic E-state index is 15.2. The van der Waals surface area contributed by atoms with E-state index in [4.69, 9.17) is 17.5 Å². The number of fused-ring (bicyclic) bond motifs is 1. The van der Waals surface area contributed by atoms with E-state index in [1.807, 2.05) is 0 Å². The fraction of sp³-hybridized carbons (Fsp3) is 0.185. The number of carbonyl (C=O) groups excluding carboxylic acids is 2. The zero-order valence-electron chi connectivity index (χ0n) is 20.8. The molecule has 2 aliphatic rings. The van der Waals surface area contributed by atoms with Crippen molar-refractivity contribution in [2.75, 3.05) is 9.80 Å². The molecule has 41 heavy (non-hydrogen) atoms. The molecule has 4 aromatic rings. The lowest BCUT2D eigenvalue weighted by Gasteiger charge is -2.24. The summed E-state index contributed by atoms with van der Waals surface area (Å²) in [7, 11) is 0. The number of hydrogen-bond acceptors (Lipinski definition) is 6. The molecule has 2 aromatic heterocycles. The van der Waals surface area contributed by atoms with Crippen LogP contribution in [-0.4, -0.2) is 37.6 Å². The lowest BCUT2D eigenvalue weighted by atomic mass is 10.1. The smallest absolute Gasteiger partial charge is 0.348 e. The Kier molecular flexibility index (Phi) is 6.00. The summed E-state index contributed by atoms with van der Waals surface area (Å²) in [6.45, 7) is -0.119. The van der Waals surface area contributed by atoms with E-state index in [0.717, 1.165) is 22.0 Å². The molecule has 1 saturated heterocycles. The number of H-pyrrole nitrogens is 1. The van der Waals surface area contributed by atoms with Crippen molar-refractivity contribution < 1.29 is 27.2 Å². The van der Waals surface area contributed by atoms with Crippen LogP contribution in [0.1, 0.15) is 40.0 Å². The molecule has 1 aliphatic carbocycles. The van der Waals surface area contributed by atoms with E-state index in [1.165, 1.54) is 29.2 Å². The molecule has 6 rings (SSSR count). The van der Waals surface area contributed by atoms with Gasteiger partial charge in [0.05, 0.1) is 29.2 Å². The van der Waals surface area contributed by atoms with Gasteiger partial charge in [-0.05, 0) is 61.5 Å². The lowest BCUT2D eigenvalue weighted by molar-refractivity contribution is -0.138. The van der Waals surface area contributed by atoms with Crippen LogP contribution in [0.15, 0.2) is 54.9 Å². The van der Waals surface area contributed by atoms with Gasteiger partial charge < -0.3 is 10.2 Å². The van der Waals surface area contributed by atoms with Gasteiger partial charge in [-0.1, -0.05) is 6.07 Å². The number of pyridine rings is 1. The van der Waals surface area contributed by atoms with Crippen molar-refractivity contribution in [3.8, 4) is 6.07 Å². The van der Waals surface area contributed by atoms with Gasteiger partial charge in [0.15, 0.2) is 10.8 Å². The fourth-order valence-electron chi connectivity index (χ4n) is 4.88. The zero-order chi connectivity index (χ0) is 29.1. The van der Waals surface area contributed by atoms with E-state index in [0.29, 0.717) is 24.5 Å². The second-order valence-electron chi connectivity index (χ2n) is 9.62. The minimum atomic E-state index is -4.88. The van der Waals surface area contributed by atoms with Gasteiger partial charge in [-0.3, -0.25) is 19.6 Å². The maximum Gasteiger partial charge on any atom is 0.419 e. The molecule has 2 fully saturated rings. The molecule has 1 aliphatic heterocycles. The summed E-state index contributed by atoms with van der Waals surface area (Å²) in [4.78, 5) is 32.0. The molecule has 3 heterocycles. The first-order valence-electron chi connectivity index (χ1n) is 12.2. The van der Waals surface area contributed by atoms with E-state index in [9.17, 15) is 22.8 Å². The number of carbonyl (C=O) groups is 2. The molecular weight excluding hydrogens is 562 g/mol. The summed E-state index contributed by atoms with van der Waals surface area (Å²) in [6.07, 6.45) is -1.60. The number of nitriles is 1. The molecule has 2 N–H and O–H groups in total. The molecule has 14 heteroatoms. The predicted molar refractivity (Wildman–Crippen MR) is 142 cm³/mol. The maximum absolute atomic E-state index is 15.2. The Morgan fingerprint density at radius 2 is 1.93 bits per heavy atom. The summed E-state index contributed by atoms with van der Waals surface area (Å²) in [5, 5.41) is 19.0. The highest BCUT2D eigenvalue weighted by Crippen LogP contribution is 2.51. The Morgan fingerprint density at radius 3 is 2.61 bits per heavy atom. The summed E-state index contributed by atoms with van der Waals surface area (Å²) >= 11 is 5.50. The number of hydrogen-bond donors (Lipinski definition) is 2. The van der Waals surface area contributed by atoms with Gasteiger partial charge >= 0.3 is 6.18 Å². The number of rotatable bonds is 5. The van der Waals surface area contributed by atoms with Crippen LogP contribution >= 0.6 is 12.2 Å². The van der Waals surface area contributed by atoms with Gasteiger partial charge in [0, 0.05) is 28.7 Å². The average Bonchev–Trinajstić information content (AvgIpc) is 3.53. The first-order chi connectivity index (χ1) is 19.5. The third kappa shape index (κ3) is 4.34. The molecule has 1 saturated carbocycles. The lowest BCUT2D eigenvalue weighted by Crippen LogP contribution is -2.37. The largest absolute Gasteiger partial charge is 0.419 e. The third-order valence-corrected chi connectivity index (χ3v) is 7.48. The van der Waals surface area contributed by atoms with Gasteiger partial charge in [0.1, 0.15) is 17.4 Å². The van der Waals surface area contributed by atoms with Crippen LogP contribution < -0.4 is 15.1 Å². The number of benzene rings is 2. The molecule has 0 unspecified atom stereocenters. The van der Waals surface area contributed by atoms with Crippen LogP contribution in [0.25, 0.3) is 10.9 Å². The van der Waals surface area contributed by atoms with Gasteiger partial charge in [-0.15, -0.1) is 0 Å². The van der Waals surface area contributed by atoms with Crippen molar-refractivity contribution in [3.63, 3.8) is 0 Å². The number of halogens is 4. The van der Waals surface area contributed by atoms with Crippen LogP contribution in [0.3, 0.4) is 0 Å². The number of anilines is 2. The van der Waals surface area contributed by atoms with Crippen LogP contribution in [0, 0.1) is 17.1 Å². The average molecular weight is 580 g/mol. The van der Waals surface area contributed by atoms with Crippen LogP contribution in [0.5, 0.6) is 0 Å². The van der Waals surface area contributed by atoms with E-state index in [1.54, 1.807) is 24.4 Å². The van der Waals surface area contributed by atoms with Crippen molar-refractivity contribution >= 4 is 51.4 Å². The predicted octanol–water partition coefficient (Wildman–Crippen LogP) is 4.59. The number of nitrogens with zero attached hydrogens (tertiary/aromatic N) is 5. The monoisotopic (exact) mass is 579 g/mol. The summed E-state index contributed by atoms with van der Waals surface area (Å²) in [6, 6.07) is 11.2. The summed E-state index contributed by atoms with van der Waals surface area (Å²) in [5.74, 6) is -1.64. The standard InChI is InChI=1S/C27H17F4N7O2S/c28-20-9-17(3-1-15(20)11-34-23(39)14-2-4-21-16(7-14)12-35-36-21)38-25(41)37(24(40)26(38)5-6-26)18-8-19(27(29,30)31)22(10-32)33-13-18/h1-4,7-9,12-13H,5-6,11H2,(H,34,39)(H,35,36). The van der Waals surface area contributed by atoms with E-state index in [2.05, 4.69) is 20.5 Å². The van der Waals surface area contributed by atoms with Gasteiger partial charge in [0.25, 0.3) is 11.8 Å². The minimum absolute atomic E-state index is 0.119. The molecular formula is C27H17F4N7O2S. The van der Waals surface area contributed by atoms with E-state index in [-0.39, 0.29) is 28.6 Å². The third-order valence-electron chi connectivity index (χ3n) is 7.11. The molecule has 0 atom stereocenters. The van der Waals surface area contributed by atoms with Crippen molar-refractivity contribution in [1.82, 2.24) is 20.5 Å². The Morgan fingerprint density at radius 1 is 1.15 bits per heavy atom. The van der Waals surface area contributed by atoms with E-state index < -0.39 is 40.6 Å². The molecule has 206 valence electrons. The Bertz CT molecular complexity index is 1810. The normalized spacial score (nSPS) is 16.0. The minimum Gasteiger partial charge on any atom is -0.348 e. The zero-order valence-corrected chi connectivity index (χ0v) is 21.6. The van der Waals surface area contributed by atoms with Crippen molar-refractivity contribution in [3.05, 3.63) is 83.1 Å². The topological polar surface area (TPSA) is 118 Å². The number of amides is 2. The number of thiocarbonyl (C=S) groups is 1. The highest BCUT2D eigenvalue weighted by Gasteiger charge is 2.64. The van der Waals surface area contributed by atoms with Gasteiger partial charge in [-0.25, -0.2) is 9.37 Å². The molecule has 0 radical (unpaired) electrons. The Hall–Kier alpha value is -4.90. The van der Waals surface area contributed by atoms with Crippen molar-refractivity contribution in [1.29, 1.82) is 5.26 Å². The highest BCUT2D eigenvalue weighted by atomic mass is 32.1. The quantitative estimate of drug-likeness (QED) is 0.262. The van der Waals surface area contributed by atoms with E-state index >= 15 is 4.39 Å². The molecule has 0 bridgehead atoms. The summed E-state index contributed by atoms with van der Waals surface area (Å²) in [5.41, 5.74) is -1.97. The SMILES string of the molecule is N#Cc1ncc(N2C(=O)C3(CC3)N(c3ccc(CNC(=O)c4ccc5[nH]ncc5c4)c(F)c3)C2=S)cc1C(F)(F)F. The Labute approximate surface area is 234 Å². The number of aromatic nitrogens is 3. The fourth-order valence-corrected chi connectivity index (χ4v) is 5.34. The van der Waals surface area contributed by atoms with Crippen molar-refractivity contribution in [2.45, 2.75) is 31.1 Å². The molecule has 9 nitrogen and oxygen atoms in total. The number of alkyl halides is 3. The molecule has 2 amide bonds. The number of nitrogens with one attached hydrogen (secondary N) is 2. The van der Waals surface area contributed by atoms with Gasteiger partial charge in [-0.2, -0.15) is 23.5 Å².